The molecule has 1 aliphatic rings. The van der Waals surface area contributed by atoms with Gasteiger partial charge in [0.05, 0.1) is 19.3 Å². The second kappa shape index (κ2) is 9.48. The van der Waals surface area contributed by atoms with Gasteiger partial charge in [0.15, 0.2) is 0 Å². The minimum absolute atomic E-state index is 0.329. The van der Waals surface area contributed by atoms with E-state index in [1.807, 2.05) is 24.3 Å². The Labute approximate surface area is 137 Å². The molecule has 0 aromatic heterocycles. The van der Waals surface area contributed by atoms with Crippen LogP contribution in [0.25, 0.3) is 0 Å². The van der Waals surface area contributed by atoms with Crippen LogP contribution in [0.1, 0.15) is 25.3 Å². The van der Waals surface area contributed by atoms with E-state index in [-0.39, 0.29) is 0 Å². The van der Waals surface area contributed by atoms with Crippen molar-refractivity contribution in [2.75, 3.05) is 26.4 Å². The highest BCUT2D eigenvalue weighted by Gasteiger charge is 2.20. The quantitative estimate of drug-likeness (QED) is 0.770. The molecule has 22 heavy (non-hydrogen) atoms. The molecule has 2 atom stereocenters. The van der Waals surface area contributed by atoms with Gasteiger partial charge in [-0.1, -0.05) is 23.7 Å². The Morgan fingerprint density at radius 3 is 2.68 bits per heavy atom. The smallest absolute Gasteiger partial charge is 0.0897 e. The zero-order valence-electron chi connectivity index (χ0n) is 13.1. The fourth-order valence-electron chi connectivity index (χ4n) is 2.66. The van der Waals surface area contributed by atoms with Crippen molar-refractivity contribution in [3.8, 4) is 0 Å². The van der Waals surface area contributed by atoms with Crippen LogP contribution in [-0.2, 0) is 16.1 Å². The SMILES string of the molecule is CC(NCC(O)COCc1ccc(Cl)cc1)C1CCOCC1. The van der Waals surface area contributed by atoms with Crippen LogP contribution in [0.4, 0.5) is 0 Å². The molecule has 124 valence electrons. The molecule has 1 heterocycles. The largest absolute Gasteiger partial charge is 0.389 e. The topological polar surface area (TPSA) is 50.7 Å². The van der Waals surface area contributed by atoms with E-state index in [0.29, 0.717) is 31.7 Å². The lowest BCUT2D eigenvalue weighted by atomic mass is 9.93. The molecule has 2 unspecified atom stereocenters. The maximum atomic E-state index is 9.99. The lowest BCUT2D eigenvalue weighted by Gasteiger charge is -2.29. The number of aliphatic hydroxyl groups excluding tert-OH is 1. The Bertz CT molecular complexity index is 420. The first-order valence-electron chi connectivity index (χ1n) is 7.96. The van der Waals surface area contributed by atoms with Crippen LogP contribution in [0.3, 0.4) is 0 Å². The van der Waals surface area contributed by atoms with Crippen molar-refractivity contribution in [2.24, 2.45) is 5.92 Å². The van der Waals surface area contributed by atoms with E-state index in [1.54, 1.807) is 0 Å². The molecule has 1 aromatic carbocycles. The second-order valence-corrected chi connectivity index (χ2v) is 6.38. The van der Waals surface area contributed by atoms with Crippen LogP contribution in [-0.4, -0.2) is 43.6 Å². The Morgan fingerprint density at radius 2 is 2.00 bits per heavy atom. The zero-order valence-corrected chi connectivity index (χ0v) is 13.9. The van der Waals surface area contributed by atoms with Gasteiger partial charge in [-0.3, -0.25) is 0 Å². The summed E-state index contributed by atoms with van der Waals surface area (Å²) in [6.07, 6.45) is 1.70. The van der Waals surface area contributed by atoms with Gasteiger partial charge in [0.1, 0.15) is 0 Å². The molecule has 0 amide bonds. The molecule has 1 aliphatic heterocycles. The number of benzene rings is 1. The first-order valence-corrected chi connectivity index (χ1v) is 8.34. The molecule has 1 fully saturated rings. The summed E-state index contributed by atoms with van der Waals surface area (Å²) in [6, 6.07) is 7.94. The highest BCUT2D eigenvalue weighted by atomic mass is 35.5. The highest BCUT2D eigenvalue weighted by molar-refractivity contribution is 6.30. The zero-order chi connectivity index (χ0) is 15.8. The van der Waals surface area contributed by atoms with E-state index in [2.05, 4.69) is 12.2 Å². The molecule has 0 saturated carbocycles. The van der Waals surface area contributed by atoms with Gasteiger partial charge in [0.25, 0.3) is 0 Å². The third-order valence-corrected chi connectivity index (χ3v) is 4.39. The Balaban J connectivity index is 1.59. The van der Waals surface area contributed by atoms with Crippen molar-refractivity contribution in [1.82, 2.24) is 5.32 Å². The van der Waals surface area contributed by atoms with Crippen molar-refractivity contribution >= 4 is 11.6 Å². The normalized spacial score (nSPS) is 19.0. The van der Waals surface area contributed by atoms with Gasteiger partial charge >= 0.3 is 0 Å². The van der Waals surface area contributed by atoms with Crippen LogP contribution >= 0.6 is 11.6 Å². The number of hydrogen-bond acceptors (Lipinski definition) is 4. The predicted molar refractivity (Wildman–Crippen MR) is 88.1 cm³/mol. The van der Waals surface area contributed by atoms with Gasteiger partial charge in [0.2, 0.25) is 0 Å². The third kappa shape index (κ3) is 6.23. The molecule has 0 spiro atoms. The van der Waals surface area contributed by atoms with Crippen molar-refractivity contribution in [3.63, 3.8) is 0 Å². The number of halogens is 1. The average molecular weight is 328 g/mol. The number of nitrogens with one attached hydrogen (secondary N) is 1. The van der Waals surface area contributed by atoms with Crippen LogP contribution < -0.4 is 5.32 Å². The first-order chi connectivity index (χ1) is 10.6. The van der Waals surface area contributed by atoms with Gasteiger partial charge in [-0.15, -0.1) is 0 Å². The predicted octanol–water partition coefficient (Wildman–Crippen LogP) is 2.62. The Kier molecular flexibility index (Phi) is 7.63. The molecule has 2 rings (SSSR count). The Hall–Kier alpha value is -0.650. The summed E-state index contributed by atoms with van der Waals surface area (Å²) in [5, 5.41) is 14.1. The maximum Gasteiger partial charge on any atom is 0.0897 e. The van der Waals surface area contributed by atoms with Crippen molar-refractivity contribution in [3.05, 3.63) is 34.9 Å². The molecule has 1 aromatic rings. The molecule has 0 bridgehead atoms. The van der Waals surface area contributed by atoms with Gasteiger partial charge in [-0.2, -0.15) is 0 Å². The summed E-state index contributed by atoms with van der Waals surface area (Å²) >= 11 is 5.83. The van der Waals surface area contributed by atoms with Gasteiger partial charge in [0, 0.05) is 30.8 Å². The summed E-state index contributed by atoms with van der Waals surface area (Å²) in [7, 11) is 0. The number of ether oxygens (including phenoxy) is 2. The molecule has 1 saturated heterocycles. The summed E-state index contributed by atoms with van der Waals surface area (Å²) in [5.41, 5.74) is 1.06. The summed E-state index contributed by atoms with van der Waals surface area (Å²) in [5.74, 6) is 0.635. The molecular weight excluding hydrogens is 302 g/mol. The van der Waals surface area contributed by atoms with Gasteiger partial charge < -0.3 is 19.9 Å². The molecule has 5 heteroatoms. The van der Waals surface area contributed by atoms with E-state index >= 15 is 0 Å². The third-order valence-electron chi connectivity index (χ3n) is 4.14. The summed E-state index contributed by atoms with van der Waals surface area (Å²) < 4.78 is 10.9. The lowest BCUT2D eigenvalue weighted by Crippen LogP contribution is -2.41. The van der Waals surface area contributed by atoms with Gasteiger partial charge in [-0.05, 0) is 43.4 Å². The highest BCUT2D eigenvalue weighted by Crippen LogP contribution is 2.18. The second-order valence-electron chi connectivity index (χ2n) is 5.94. The van der Waals surface area contributed by atoms with Crippen LogP contribution in [0.2, 0.25) is 5.02 Å². The number of aliphatic hydroxyl groups is 1. The van der Waals surface area contributed by atoms with E-state index in [9.17, 15) is 5.11 Å². The van der Waals surface area contributed by atoms with Crippen molar-refractivity contribution in [2.45, 2.75) is 38.5 Å². The molecule has 4 nitrogen and oxygen atoms in total. The molecule has 0 radical (unpaired) electrons. The molecule has 0 aliphatic carbocycles. The first kappa shape index (κ1) is 17.7. The van der Waals surface area contributed by atoms with Crippen molar-refractivity contribution < 1.29 is 14.6 Å². The van der Waals surface area contributed by atoms with E-state index < -0.39 is 6.10 Å². The minimum Gasteiger partial charge on any atom is -0.389 e. The van der Waals surface area contributed by atoms with E-state index in [4.69, 9.17) is 21.1 Å². The van der Waals surface area contributed by atoms with Crippen LogP contribution in [0.5, 0.6) is 0 Å². The summed E-state index contributed by atoms with van der Waals surface area (Å²) in [6.45, 7) is 5.25. The number of rotatable bonds is 8. The maximum absolute atomic E-state index is 9.99. The Morgan fingerprint density at radius 1 is 1.32 bits per heavy atom. The molecular formula is C17H26ClNO3. The van der Waals surface area contributed by atoms with Crippen molar-refractivity contribution in [1.29, 1.82) is 0 Å². The lowest BCUT2D eigenvalue weighted by molar-refractivity contribution is 0.0228. The number of hydrogen-bond donors (Lipinski definition) is 2. The fourth-order valence-corrected chi connectivity index (χ4v) is 2.78. The van der Waals surface area contributed by atoms with Crippen LogP contribution in [0, 0.1) is 5.92 Å². The average Bonchev–Trinajstić information content (AvgIpc) is 2.55. The fraction of sp³-hybridized carbons (Fsp3) is 0.647. The monoisotopic (exact) mass is 327 g/mol. The van der Waals surface area contributed by atoms with Crippen LogP contribution in [0.15, 0.2) is 24.3 Å². The van der Waals surface area contributed by atoms with E-state index in [0.717, 1.165) is 36.6 Å². The summed E-state index contributed by atoms with van der Waals surface area (Å²) in [4.78, 5) is 0. The standard InChI is InChI=1S/C17H26ClNO3/c1-13(15-6-8-21-9-7-15)19-10-17(20)12-22-11-14-2-4-16(18)5-3-14/h2-5,13,15,17,19-20H,6-12H2,1H3. The van der Waals surface area contributed by atoms with Gasteiger partial charge in [-0.25, -0.2) is 0 Å². The van der Waals surface area contributed by atoms with E-state index in [1.165, 1.54) is 0 Å². The minimum atomic E-state index is -0.491. The molecule has 2 N–H and O–H groups in total.